The minimum absolute atomic E-state index is 0.0162. The molecule has 0 aliphatic rings. The number of rotatable bonds is 6. The second-order valence-electron chi connectivity index (χ2n) is 6.28. The van der Waals surface area contributed by atoms with Gasteiger partial charge in [0.05, 0.1) is 12.0 Å². The number of methoxy groups -OCH3 is 1. The van der Waals surface area contributed by atoms with Crippen molar-refractivity contribution in [3.05, 3.63) is 70.8 Å². The summed E-state index contributed by atoms with van der Waals surface area (Å²) in [4.78, 5) is 4.00. The first kappa shape index (κ1) is 21.7. The Bertz CT molecular complexity index is 1060. The van der Waals surface area contributed by atoms with Crippen molar-refractivity contribution in [2.24, 2.45) is 0 Å². The van der Waals surface area contributed by atoms with Gasteiger partial charge < -0.3 is 9.47 Å². The monoisotopic (exact) mass is 435 g/mol. The van der Waals surface area contributed by atoms with Crippen molar-refractivity contribution < 1.29 is 22.6 Å². The summed E-state index contributed by atoms with van der Waals surface area (Å²) in [5.74, 6) is 6.15. The molecular formula is C21H17ClF3N3O2. The number of aromatic nitrogens is 3. The zero-order valence-corrected chi connectivity index (χ0v) is 16.8. The highest BCUT2D eigenvalue weighted by molar-refractivity contribution is 6.30. The molecule has 0 amide bonds. The number of nitrogens with zero attached hydrogens (tertiary/aromatic N) is 2. The summed E-state index contributed by atoms with van der Waals surface area (Å²) in [6, 6.07) is 9.96. The van der Waals surface area contributed by atoms with Gasteiger partial charge in [-0.1, -0.05) is 23.6 Å². The van der Waals surface area contributed by atoms with Crippen LogP contribution in [0.1, 0.15) is 23.9 Å². The van der Waals surface area contributed by atoms with Gasteiger partial charge in [0, 0.05) is 17.7 Å². The van der Waals surface area contributed by atoms with Crippen LogP contribution in [0, 0.1) is 11.8 Å². The van der Waals surface area contributed by atoms with Gasteiger partial charge in [-0.3, -0.25) is 5.10 Å². The molecule has 1 unspecified atom stereocenters. The van der Waals surface area contributed by atoms with Crippen LogP contribution in [-0.2, 0) is 22.9 Å². The third-order valence-electron chi connectivity index (χ3n) is 4.34. The minimum atomic E-state index is -4.67. The summed E-state index contributed by atoms with van der Waals surface area (Å²) in [6.07, 6.45) is -3.46. The maximum absolute atomic E-state index is 14.0. The standard InChI is InChI=1S/C21H17ClF3N3O2/c1-3-10-20(29-2,12-19-26-13-27-28-19)17-9-8-16(11-18(17)21(23,24)25)30-15-6-4-14(22)5-7-15/h4-9,11,13H,12H2,1-2H3,(H,26,27,28). The Morgan fingerprint density at radius 1 is 1.07 bits per heavy atom. The summed E-state index contributed by atoms with van der Waals surface area (Å²) in [5.41, 5.74) is -2.65. The molecule has 3 rings (SSSR count). The fourth-order valence-corrected chi connectivity index (χ4v) is 3.13. The molecule has 1 atom stereocenters. The predicted octanol–water partition coefficient (Wildman–Crippen LogP) is 5.38. The normalized spacial score (nSPS) is 13.3. The van der Waals surface area contributed by atoms with Crippen LogP contribution < -0.4 is 4.74 Å². The summed E-state index contributed by atoms with van der Waals surface area (Å²) < 4.78 is 53.1. The van der Waals surface area contributed by atoms with E-state index in [1.54, 1.807) is 24.3 Å². The van der Waals surface area contributed by atoms with Gasteiger partial charge in [-0.2, -0.15) is 18.3 Å². The summed E-state index contributed by atoms with van der Waals surface area (Å²) in [7, 11) is 1.30. The summed E-state index contributed by atoms with van der Waals surface area (Å²) in [6.45, 7) is 1.53. The highest BCUT2D eigenvalue weighted by Crippen LogP contribution is 2.41. The fourth-order valence-electron chi connectivity index (χ4n) is 3.01. The largest absolute Gasteiger partial charge is 0.457 e. The van der Waals surface area contributed by atoms with Crippen molar-refractivity contribution in [1.29, 1.82) is 0 Å². The number of aromatic amines is 1. The van der Waals surface area contributed by atoms with E-state index in [0.29, 0.717) is 16.6 Å². The van der Waals surface area contributed by atoms with E-state index in [1.165, 1.54) is 32.5 Å². The molecule has 0 saturated heterocycles. The van der Waals surface area contributed by atoms with E-state index in [1.807, 2.05) is 0 Å². The van der Waals surface area contributed by atoms with Crippen LogP contribution >= 0.6 is 11.6 Å². The predicted molar refractivity (Wildman–Crippen MR) is 105 cm³/mol. The summed E-state index contributed by atoms with van der Waals surface area (Å²) in [5, 5.41) is 6.87. The van der Waals surface area contributed by atoms with E-state index in [9.17, 15) is 13.2 Å². The van der Waals surface area contributed by atoms with Gasteiger partial charge >= 0.3 is 6.18 Å². The average Bonchev–Trinajstić information content (AvgIpc) is 3.21. The molecule has 0 saturated carbocycles. The van der Waals surface area contributed by atoms with E-state index in [2.05, 4.69) is 27.0 Å². The smallest absolute Gasteiger partial charge is 0.416 e. The molecule has 0 radical (unpaired) electrons. The lowest BCUT2D eigenvalue weighted by Gasteiger charge is -2.30. The molecule has 30 heavy (non-hydrogen) atoms. The maximum Gasteiger partial charge on any atom is 0.416 e. The minimum Gasteiger partial charge on any atom is -0.457 e. The number of alkyl halides is 3. The second-order valence-corrected chi connectivity index (χ2v) is 6.71. The van der Waals surface area contributed by atoms with Gasteiger partial charge in [-0.15, -0.1) is 5.92 Å². The van der Waals surface area contributed by atoms with Crippen molar-refractivity contribution >= 4 is 11.6 Å². The third kappa shape index (κ3) is 4.75. The molecular weight excluding hydrogens is 419 g/mol. The number of halogens is 4. The van der Waals surface area contributed by atoms with Crippen molar-refractivity contribution in [2.75, 3.05) is 7.11 Å². The first-order chi connectivity index (χ1) is 14.3. The number of benzene rings is 2. The topological polar surface area (TPSA) is 60.0 Å². The molecule has 1 heterocycles. The molecule has 0 bridgehead atoms. The van der Waals surface area contributed by atoms with E-state index in [0.717, 1.165) is 6.07 Å². The van der Waals surface area contributed by atoms with Crippen molar-refractivity contribution in [3.63, 3.8) is 0 Å². The van der Waals surface area contributed by atoms with Crippen molar-refractivity contribution in [3.8, 4) is 23.3 Å². The highest BCUT2D eigenvalue weighted by atomic mass is 35.5. The third-order valence-corrected chi connectivity index (χ3v) is 4.59. The van der Waals surface area contributed by atoms with Gasteiger partial charge in [0.1, 0.15) is 23.7 Å². The van der Waals surface area contributed by atoms with Crippen molar-refractivity contribution in [1.82, 2.24) is 15.2 Å². The number of H-pyrrole nitrogens is 1. The first-order valence-corrected chi connectivity index (χ1v) is 9.13. The van der Waals surface area contributed by atoms with Gasteiger partial charge in [-0.25, -0.2) is 4.98 Å². The Labute approximate surface area is 176 Å². The van der Waals surface area contributed by atoms with Crippen molar-refractivity contribution in [2.45, 2.75) is 25.1 Å². The Balaban J connectivity index is 2.09. The molecule has 5 nitrogen and oxygen atoms in total. The number of hydrogen-bond acceptors (Lipinski definition) is 4. The van der Waals surface area contributed by atoms with E-state index in [-0.39, 0.29) is 17.7 Å². The van der Waals surface area contributed by atoms with Crippen LogP contribution in [-0.4, -0.2) is 22.3 Å². The van der Waals surface area contributed by atoms with Gasteiger partial charge in [0.25, 0.3) is 0 Å². The Morgan fingerprint density at radius 3 is 2.33 bits per heavy atom. The SMILES string of the molecule is CC#CC(Cc1ncn[nH]1)(OC)c1ccc(Oc2ccc(Cl)cc2)cc1C(F)(F)F. The number of hydrogen-bond donors (Lipinski definition) is 1. The molecule has 0 fully saturated rings. The quantitative estimate of drug-likeness (QED) is 0.528. The number of ether oxygens (including phenoxy) is 2. The van der Waals surface area contributed by atoms with Gasteiger partial charge in [0.2, 0.25) is 0 Å². The molecule has 2 aromatic carbocycles. The zero-order valence-electron chi connectivity index (χ0n) is 16.0. The highest BCUT2D eigenvalue weighted by Gasteiger charge is 2.42. The molecule has 1 N–H and O–H groups in total. The molecule has 3 aromatic rings. The molecule has 156 valence electrons. The zero-order chi connectivity index (χ0) is 21.8. The molecule has 1 aromatic heterocycles. The molecule has 0 aliphatic carbocycles. The van der Waals surface area contributed by atoms with Crippen LogP contribution in [0.3, 0.4) is 0 Å². The summed E-state index contributed by atoms with van der Waals surface area (Å²) >= 11 is 5.83. The Hall–Kier alpha value is -3.02. The molecule has 9 heteroatoms. The van der Waals surface area contributed by atoms with Crippen LogP contribution in [0.5, 0.6) is 11.5 Å². The van der Waals surface area contributed by atoms with E-state index >= 15 is 0 Å². The average molecular weight is 436 g/mol. The van der Waals surface area contributed by atoms with Crippen LogP contribution in [0.4, 0.5) is 13.2 Å². The lowest BCUT2D eigenvalue weighted by atomic mass is 9.86. The van der Waals surface area contributed by atoms with Crippen LogP contribution in [0.2, 0.25) is 5.02 Å². The fraction of sp³-hybridized carbons (Fsp3) is 0.238. The lowest BCUT2D eigenvalue weighted by molar-refractivity contribution is -0.140. The number of nitrogens with one attached hydrogen (secondary N) is 1. The van der Waals surface area contributed by atoms with E-state index < -0.39 is 17.3 Å². The van der Waals surface area contributed by atoms with Crippen LogP contribution in [0.15, 0.2) is 48.8 Å². The Kier molecular flexibility index (Phi) is 6.34. The van der Waals surface area contributed by atoms with Gasteiger partial charge in [0.15, 0.2) is 5.60 Å². The Morgan fingerprint density at radius 2 is 1.77 bits per heavy atom. The lowest BCUT2D eigenvalue weighted by Crippen LogP contribution is -2.33. The molecule has 0 spiro atoms. The maximum atomic E-state index is 14.0. The molecule has 0 aliphatic heterocycles. The first-order valence-electron chi connectivity index (χ1n) is 8.76. The second kappa shape index (κ2) is 8.78. The van der Waals surface area contributed by atoms with E-state index in [4.69, 9.17) is 21.1 Å². The van der Waals surface area contributed by atoms with Gasteiger partial charge in [-0.05, 0) is 43.3 Å². The van der Waals surface area contributed by atoms with Crippen LogP contribution in [0.25, 0.3) is 0 Å².